The van der Waals surface area contributed by atoms with E-state index in [9.17, 15) is 0 Å². The van der Waals surface area contributed by atoms with Crippen LogP contribution in [0.5, 0.6) is 0 Å². The van der Waals surface area contributed by atoms with Crippen LogP contribution >= 0.6 is 0 Å². The number of aromatic nitrogens is 1. The fourth-order valence-corrected chi connectivity index (χ4v) is 6.44. The molecule has 9 aromatic rings. The summed E-state index contributed by atoms with van der Waals surface area (Å²) < 4.78 is 12.9. The second-order valence-electron chi connectivity index (χ2n) is 11.2. The summed E-state index contributed by atoms with van der Waals surface area (Å²) in [7, 11) is 0. The second kappa shape index (κ2) is 10.2. The van der Waals surface area contributed by atoms with Crippen LogP contribution in [0.4, 0.5) is 17.1 Å². The van der Waals surface area contributed by atoms with Gasteiger partial charge in [-0.15, -0.1) is 0 Å². The van der Waals surface area contributed by atoms with Gasteiger partial charge < -0.3 is 13.7 Å². The third-order valence-electron chi connectivity index (χ3n) is 8.50. The minimum absolute atomic E-state index is 0.585. The van der Waals surface area contributed by atoms with Crippen molar-refractivity contribution >= 4 is 60.9 Å². The average Bonchev–Trinajstić information content (AvgIpc) is 3.71. The van der Waals surface area contributed by atoms with Crippen molar-refractivity contribution < 1.29 is 8.83 Å². The van der Waals surface area contributed by atoms with Gasteiger partial charge in [0, 0.05) is 44.7 Å². The maximum absolute atomic E-state index is 6.54. The molecule has 0 aliphatic rings. The summed E-state index contributed by atoms with van der Waals surface area (Å²) in [5.41, 5.74) is 9.61. The Labute approximate surface area is 259 Å². The van der Waals surface area contributed by atoms with Crippen molar-refractivity contribution in [3.8, 4) is 22.6 Å². The van der Waals surface area contributed by atoms with Crippen LogP contribution in [0.25, 0.3) is 66.4 Å². The molecule has 0 saturated carbocycles. The van der Waals surface area contributed by atoms with E-state index in [-0.39, 0.29) is 0 Å². The lowest BCUT2D eigenvalue weighted by Gasteiger charge is -2.27. The largest absolute Gasteiger partial charge is 0.456 e. The Morgan fingerprint density at radius 3 is 2.11 bits per heavy atom. The smallest absolute Gasteiger partial charge is 0.228 e. The number of para-hydroxylation sites is 2. The summed E-state index contributed by atoms with van der Waals surface area (Å²) >= 11 is 0. The van der Waals surface area contributed by atoms with E-state index in [0.717, 1.165) is 77.6 Å². The van der Waals surface area contributed by atoms with Gasteiger partial charge in [0.2, 0.25) is 5.89 Å². The van der Waals surface area contributed by atoms with Gasteiger partial charge in [0.25, 0.3) is 0 Å². The van der Waals surface area contributed by atoms with Crippen LogP contribution in [0.3, 0.4) is 0 Å². The van der Waals surface area contributed by atoms with Crippen LogP contribution in [0.2, 0.25) is 0 Å². The Morgan fingerprint density at radius 2 is 1.22 bits per heavy atom. The first-order valence-electron chi connectivity index (χ1n) is 15.1. The van der Waals surface area contributed by atoms with E-state index < -0.39 is 0 Å². The van der Waals surface area contributed by atoms with Crippen molar-refractivity contribution in [1.29, 1.82) is 0 Å². The molecule has 0 bridgehead atoms. The van der Waals surface area contributed by atoms with E-state index >= 15 is 0 Å². The molecule has 0 unspecified atom stereocenters. The van der Waals surface area contributed by atoms with Crippen LogP contribution in [-0.4, -0.2) is 4.98 Å². The fourth-order valence-electron chi connectivity index (χ4n) is 6.44. The minimum Gasteiger partial charge on any atom is -0.456 e. The van der Waals surface area contributed by atoms with Crippen molar-refractivity contribution in [3.05, 3.63) is 158 Å². The Kier molecular flexibility index (Phi) is 5.78. The molecule has 4 heteroatoms. The van der Waals surface area contributed by atoms with Gasteiger partial charge in [-0.2, -0.15) is 0 Å². The molecular formula is C41H26N2O2. The number of nitrogens with zero attached hydrogens (tertiary/aromatic N) is 2. The maximum atomic E-state index is 6.54. The zero-order valence-electron chi connectivity index (χ0n) is 24.2. The van der Waals surface area contributed by atoms with Crippen molar-refractivity contribution in [1.82, 2.24) is 4.98 Å². The van der Waals surface area contributed by atoms with E-state index in [2.05, 4.69) is 120 Å². The third-order valence-corrected chi connectivity index (χ3v) is 8.50. The number of hydrogen-bond acceptors (Lipinski definition) is 4. The molecule has 2 heterocycles. The first kappa shape index (κ1) is 25.4. The molecule has 0 saturated heterocycles. The Bertz CT molecular complexity index is 2490. The van der Waals surface area contributed by atoms with Gasteiger partial charge in [0.1, 0.15) is 16.7 Å². The number of anilines is 3. The summed E-state index contributed by atoms with van der Waals surface area (Å²) in [5, 5.41) is 4.23. The number of rotatable bonds is 5. The monoisotopic (exact) mass is 578 g/mol. The summed E-state index contributed by atoms with van der Waals surface area (Å²) in [6, 6.07) is 54.4. The van der Waals surface area contributed by atoms with E-state index in [1.165, 1.54) is 0 Å². The number of benzene rings is 7. The Morgan fingerprint density at radius 1 is 0.467 bits per heavy atom. The standard InChI is InChI=1S/C41H26N2O2/c1-3-12-27(13-4-1)31-17-9-10-20-35(31)43(29-15-5-2-6-16-29)30-23-24-33-38(26-30)44-36-21-11-19-34(39(33)36)41-42-40-32-18-8-7-14-28(32)22-25-37(40)45-41/h1-26H. The molecule has 0 fully saturated rings. The van der Waals surface area contributed by atoms with Gasteiger partial charge in [-0.25, -0.2) is 4.98 Å². The van der Waals surface area contributed by atoms with Crippen molar-refractivity contribution in [3.63, 3.8) is 0 Å². The van der Waals surface area contributed by atoms with Crippen molar-refractivity contribution in [2.45, 2.75) is 0 Å². The first-order valence-corrected chi connectivity index (χ1v) is 15.1. The summed E-state index contributed by atoms with van der Waals surface area (Å²) in [4.78, 5) is 7.29. The molecule has 9 rings (SSSR count). The number of fused-ring (bicyclic) bond motifs is 6. The van der Waals surface area contributed by atoms with Crippen LogP contribution in [0.1, 0.15) is 0 Å². The molecule has 2 aromatic heterocycles. The van der Waals surface area contributed by atoms with E-state index in [1.807, 2.05) is 42.5 Å². The van der Waals surface area contributed by atoms with Crippen molar-refractivity contribution in [2.75, 3.05) is 4.90 Å². The number of oxazole rings is 1. The van der Waals surface area contributed by atoms with E-state index in [1.54, 1.807) is 0 Å². The fraction of sp³-hybridized carbons (Fsp3) is 0. The van der Waals surface area contributed by atoms with E-state index in [0.29, 0.717) is 5.89 Å². The van der Waals surface area contributed by atoms with Gasteiger partial charge in [0.05, 0.1) is 5.69 Å². The molecule has 212 valence electrons. The average molecular weight is 579 g/mol. The van der Waals surface area contributed by atoms with Crippen LogP contribution in [0.15, 0.2) is 167 Å². The Balaban J connectivity index is 1.23. The molecular weight excluding hydrogens is 552 g/mol. The van der Waals surface area contributed by atoms with Gasteiger partial charge in [-0.3, -0.25) is 0 Å². The van der Waals surface area contributed by atoms with Gasteiger partial charge in [-0.05, 0) is 59.5 Å². The molecule has 0 N–H and O–H groups in total. The molecule has 4 nitrogen and oxygen atoms in total. The second-order valence-corrected chi connectivity index (χ2v) is 11.2. The van der Waals surface area contributed by atoms with Crippen LogP contribution in [0, 0.1) is 0 Å². The Hall–Kier alpha value is -6.13. The zero-order chi connectivity index (χ0) is 29.7. The van der Waals surface area contributed by atoms with E-state index in [4.69, 9.17) is 13.8 Å². The predicted octanol–water partition coefficient (Wildman–Crippen LogP) is 11.7. The molecule has 0 spiro atoms. The van der Waals surface area contributed by atoms with Gasteiger partial charge in [0.15, 0.2) is 5.58 Å². The molecule has 0 atom stereocenters. The zero-order valence-corrected chi connectivity index (χ0v) is 24.2. The molecule has 45 heavy (non-hydrogen) atoms. The molecule has 7 aromatic carbocycles. The summed E-state index contributed by atoms with van der Waals surface area (Å²) in [6.07, 6.45) is 0. The predicted molar refractivity (Wildman–Crippen MR) is 184 cm³/mol. The highest BCUT2D eigenvalue weighted by atomic mass is 16.3. The van der Waals surface area contributed by atoms with Gasteiger partial charge in [-0.1, -0.05) is 103 Å². The highest BCUT2D eigenvalue weighted by Crippen LogP contribution is 2.44. The molecule has 0 aliphatic carbocycles. The van der Waals surface area contributed by atoms with Crippen LogP contribution < -0.4 is 4.90 Å². The lowest BCUT2D eigenvalue weighted by molar-refractivity contribution is 0.620. The highest BCUT2D eigenvalue weighted by Gasteiger charge is 2.21. The minimum atomic E-state index is 0.585. The summed E-state index contributed by atoms with van der Waals surface area (Å²) in [5.74, 6) is 0.585. The first-order chi connectivity index (χ1) is 22.3. The molecule has 0 aliphatic heterocycles. The van der Waals surface area contributed by atoms with Gasteiger partial charge >= 0.3 is 0 Å². The lowest BCUT2D eigenvalue weighted by atomic mass is 10.0. The quantitative estimate of drug-likeness (QED) is 0.204. The highest BCUT2D eigenvalue weighted by molar-refractivity contribution is 6.13. The molecule has 0 amide bonds. The maximum Gasteiger partial charge on any atom is 0.228 e. The number of hydrogen-bond donors (Lipinski definition) is 0. The van der Waals surface area contributed by atoms with Crippen LogP contribution in [-0.2, 0) is 0 Å². The third kappa shape index (κ3) is 4.19. The SMILES string of the molecule is c1ccc(-c2ccccc2N(c2ccccc2)c2ccc3c(c2)oc2cccc(-c4nc5c(ccc6ccccc65)o4)c23)cc1. The topological polar surface area (TPSA) is 42.4 Å². The lowest BCUT2D eigenvalue weighted by Crippen LogP contribution is -2.11. The number of furan rings is 1. The summed E-state index contributed by atoms with van der Waals surface area (Å²) in [6.45, 7) is 0. The normalized spacial score (nSPS) is 11.6. The van der Waals surface area contributed by atoms with Crippen molar-refractivity contribution in [2.24, 2.45) is 0 Å². The molecule has 0 radical (unpaired) electrons.